The van der Waals surface area contributed by atoms with Gasteiger partial charge in [0, 0.05) is 5.92 Å². The quantitative estimate of drug-likeness (QED) is 0.413. The second-order valence-electron chi connectivity index (χ2n) is 3.64. The molecule has 0 fully saturated rings. The highest BCUT2D eigenvalue weighted by atomic mass is 16.1. The molecule has 1 nitrogen and oxygen atoms in total. The summed E-state index contributed by atoms with van der Waals surface area (Å²) in [6, 6.07) is 0. The van der Waals surface area contributed by atoms with Crippen molar-refractivity contribution in [3.05, 3.63) is 12.7 Å². The average molecular weight is 182 g/mol. The minimum Gasteiger partial charge on any atom is -0.300 e. The maximum atomic E-state index is 11.1. The van der Waals surface area contributed by atoms with E-state index in [1.165, 1.54) is 19.3 Å². The van der Waals surface area contributed by atoms with Gasteiger partial charge in [0.15, 0.2) is 0 Å². The minimum absolute atomic E-state index is 0.309. The Bertz CT molecular complexity index is 149. The summed E-state index contributed by atoms with van der Waals surface area (Å²) in [6.45, 7) is 7.48. The third-order valence-corrected chi connectivity index (χ3v) is 2.53. The van der Waals surface area contributed by atoms with Crippen LogP contribution in [0.1, 0.15) is 52.4 Å². The first kappa shape index (κ1) is 12.4. The summed E-state index contributed by atoms with van der Waals surface area (Å²) in [5.41, 5.74) is 0. The Morgan fingerprint density at radius 2 is 2.08 bits per heavy atom. The van der Waals surface area contributed by atoms with Gasteiger partial charge in [0.1, 0.15) is 5.78 Å². The number of hydrogen-bond acceptors (Lipinski definition) is 1. The lowest BCUT2D eigenvalue weighted by atomic mass is 9.95. The van der Waals surface area contributed by atoms with E-state index in [1.807, 2.05) is 6.08 Å². The highest BCUT2D eigenvalue weighted by Gasteiger charge is 2.10. The molecule has 0 aromatic heterocycles. The molecule has 0 aromatic rings. The van der Waals surface area contributed by atoms with E-state index >= 15 is 0 Å². The SMILES string of the molecule is C=CCCCCCC(CC)C(C)=O. The van der Waals surface area contributed by atoms with E-state index in [4.69, 9.17) is 0 Å². The van der Waals surface area contributed by atoms with Gasteiger partial charge in [-0.05, 0) is 32.6 Å². The molecule has 1 heteroatoms. The summed E-state index contributed by atoms with van der Waals surface area (Å²) in [5.74, 6) is 0.662. The average Bonchev–Trinajstić information content (AvgIpc) is 2.10. The molecule has 0 radical (unpaired) electrons. The lowest BCUT2D eigenvalue weighted by molar-refractivity contribution is -0.121. The summed E-state index contributed by atoms with van der Waals surface area (Å²) < 4.78 is 0. The molecule has 0 saturated carbocycles. The summed E-state index contributed by atoms with van der Waals surface area (Å²) in [6.07, 6.45) is 8.78. The van der Waals surface area contributed by atoms with E-state index in [-0.39, 0.29) is 0 Å². The fraction of sp³-hybridized carbons (Fsp3) is 0.750. The van der Waals surface area contributed by atoms with Crippen LogP contribution >= 0.6 is 0 Å². The lowest BCUT2D eigenvalue weighted by Gasteiger charge is -2.09. The molecule has 13 heavy (non-hydrogen) atoms. The Hall–Kier alpha value is -0.590. The molecule has 1 atom stereocenters. The number of carbonyl (C=O) groups excluding carboxylic acids is 1. The van der Waals surface area contributed by atoms with Gasteiger partial charge in [0.05, 0.1) is 0 Å². The van der Waals surface area contributed by atoms with Crippen molar-refractivity contribution in [1.29, 1.82) is 0 Å². The van der Waals surface area contributed by atoms with Crippen LogP contribution < -0.4 is 0 Å². The van der Waals surface area contributed by atoms with E-state index < -0.39 is 0 Å². The third-order valence-electron chi connectivity index (χ3n) is 2.53. The second kappa shape index (κ2) is 8.03. The zero-order valence-electron chi connectivity index (χ0n) is 9.01. The number of unbranched alkanes of at least 4 members (excludes halogenated alkanes) is 3. The van der Waals surface area contributed by atoms with Gasteiger partial charge in [-0.3, -0.25) is 4.79 Å². The number of allylic oxidation sites excluding steroid dienone is 1. The lowest BCUT2D eigenvalue weighted by Crippen LogP contribution is -2.09. The van der Waals surface area contributed by atoms with Gasteiger partial charge in [0.2, 0.25) is 0 Å². The van der Waals surface area contributed by atoms with E-state index in [1.54, 1.807) is 6.92 Å². The molecule has 0 aliphatic rings. The van der Waals surface area contributed by atoms with Crippen molar-refractivity contribution in [3.8, 4) is 0 Å². The standard InChI is InChI=1S/C12H22O/c1-4-6-7-8-9-10-12(5-2)11(3)13/h4,12H,1,5-10H2,2-3H3. The molecule has 0 saturated heterocycles. The fourth-order valence-corrected chi connectivity index (χ4v) is 1.55. The zero-order valence-corrected chi connectivity index (χ0v) is 9.01. The molecular formula is C12H22O. The summed E-state index contributed by atoms with van der Waals surface area (Å²) in [4.78, 5) is 11.1. The topological polar surface area (TPSA) is 17.1 Å². The number of Topliss-reactive ketones (excluding diaryl/α,β-unsaturated/α-hetero) is 1. The van der Waals surface area contributed by atoms with Crippen molar-refractivity contribution in [2.45, 2.75) is 52.4 Å². The van der Waals surface area contributed by atoms with E-state index in [0.717, 1.165) is 19.3 Å². The number of ketones is 1. The fourth-order valence-electron chi connectivity index (χ4n) is 1.55. The molecule has 0 N–H and O–H groups in total. The van der Waals surface area contributed by atoms with Crippen LogP contribution in [-0.2, 0) is 4.79 Å². The van der Waals surface area contributed by atoms with Gasteiger partial charge in [-0.2, -0.15) is 0 Å². The van der Waals surface area contributed by atoms with Crippen molar-refractivity contribution >= 4 is 5.78 Å². The van der Waals surface area contributed by atoms with Crippen LogP contribution in [0.4, 0.5) is 0 Å². The number of hydrogen-bond donors (Lipinski definition) is 0. The number of carbonyl (C=O) groups is 1. The van der Waals surface area contributed by atoms with Crippen LogP contribution in [0.5, 0.6) is 0 Å². The molecule has 0 bridgehead atoms. The van der Waals surface area contributed by atoms with Crippen molar-refractivity contribution in [2.24, 2.45) is 5.92 Å². The molecule has 0 rings (SSSR count). The van der Waals surface area contributed by atoms with Crippen LogP contribution in [-0.4, -0.2) is 5.78 Å². The predicted molar refractivity (Wildman–Crippen MR) is 57.7 cm³/mol. The largest absolute Gasteiger partial charge is 0.300 e. The van der Waals surface area contributed by atoms with Gasteiger partial charge >= 0.3 is 0 Å². The minimum atomic E-state index is 0.309. The maximum absolute atomic E-state index is 11.1. The maximum Gasteiger partial charge on any atom is 0.132 e. The highest BCUT2D eigenvalue weighted by Crippen LogP contribution is 2.14. The van der Waals surface area contributed by atoms with Crippen molar-refractivity contribution in [1.82, 2.24) is 0 Å². The highest BCUT2D eigenvalue weighted by molar-refractivity contribution is 5.78. The van der Waals surface area contributed by atoms with Crippen molar-refractivity contribution < 1.29 is 4.79 Å². The van der Waals surface area contributed by atoms with Crippen LogP contribution in [0.25, 0.3) is 0 Å². The van der Waals surface area contributed by atoms with Crippen LogP contribution in [0.3, 0.4) is 0 Å². The van der Waals surface area contributed by atoms with E-state index in [9.17, 15) is 4.79 Å². The van der Waals surface area contributed by atoms with E-state index in [0.29, 0.717) is 11.7 Å². The van der Waals surface area contributed by atoms with E-state index in [2.05, 4.69) is 13.5 Å². The molecule has 0 aromatic carbocycles. The molecule has 0 spiro atoms. The smallest absolute Gasteiger partial charge is 0.132 e. The third kappa shape index (κ3) is 6.56. The predicted octanol–water partition coefficient (Wildman–Crippen LogP) is 3.74. The molecule has 76 valence electrons. The molecule has 0 aliphatic heterocycles. The molecule has 0 amide bonds. The summed E-state index contributed by atoms with van der Waals surface area (Å²) in [7, 11) is 0. The van der Waals surface area contributed by atoms with Gasteiger partial charge in [-0.15, -0.1) is 6.58 Å². The Morgan fingerprint density at radius 1 is 1.38 bits per heavy atom. The second-order valence-corrected chi connectivity index (χ2v) is 3.64. The molecular weight excluding hydrogens is 160 g/mol. The first-order valence-electron chi connectivity index (χ1n) is 5.33. The van der Waals surface area contributed by atoms with Crippen molar-refractivity contribution in [3.63, 3.8) is 0 Å². The summed E-state index contributed by atoms with van der Waals surface area (Å²) in [5, 5.41) is 0. The summed E-state index contributed by atoms with van der Waals surface area (Å²) >= 11 is 0. The first-order valence-corrected chi connectivity index (χ1v) is 5.33. The van der Waals surface area contributed by atoms with Crippen LogP contribution in [0.15, 0.2) is 12.7 Å². The Kier molecular flexibility index (Phi) is 7.66. The number of rotatable bonds is 8. The Labute approximate surface area is 82.2 Å². The zero-order chi connectivity index (χ0) is 10.1. The van der Waals surface area contributed by atoms with Crippen LogP contribution in [0.2, 0.25) is 0 Å². The van der Waals surface area contributed by atoms with Gasteiger partial charge in [-0.1, -0.05) is 25.8 Å². The molecule has 0 aliphatic carbocycles. The Morgan fingerprint density at radius 3 is 2.54 bits per heavy atom. The van der Waals surface area contributed by atoms with Gasteiger partial charge in [0.25, 0.3) is 0 Å². The normalized spacial score (nSPS) is 12.5. The monoisotopic (exact) mass is 182 g/mol. The van der Waals surface area contributed by atoms with Crippen molar-refractivity contribution in [2.75, 3.05) is 0 Å². The molecule has 1 unspecified atom stereocenters. The van der Waals surface area contributed by atoms with Crippen LogP contribution in [0, 0.1) is 5.92 Å². The van der Waals surface area contributed by atoms with Gasteiger partial charge in [-0.25, -0.2) is 0 Å². The molecule has 0 heterocycles. The first-order chi connectivity index (χ1) is 6.22. The van der Waals surface area contributed by atoms with Gasteiger partial charge < -0.3 is 0 Å². The Balaban J connectivity index is 3.38.